The maximum atomic E-state index is 12.7. The highest BCUT2D eigenvalue weighted by molar-refractivity contribution is 5.84. The minimum absolute atomic E-state index is 0.168. The first-order chi connectivity index (χ1) is 17.2. The van der Waals surface area contributed by atoms with Gasteiger partial charge in [0.05, 0.1) is 12.5 Å². The number of ether oxygens (including phenoxy) is 2. The zero-order valence-corrected chi connectivity index (χ0v) is 21.6. The van der Waals surface area contributed by atoms with Crippen LogP contribution < -0.4 is 0 Å². The average molecular weight is 497 g/mol. The van der Waals surface area contributed by atoms with Crippen molar-refractivity contribution in [3.63, 3.8) is 0 Å². The first kappa shape index (κ1) is 27.9. The number of allylic oxidation sites excluding steroid dienone is 3. The number of esters is 1. The minimum Gasteiger partial charge on any atom is -0.481 e. The Balaban J connectivity index is 1.70. The van der Waals surface area contributed by atoms with Gasteiger partial charge in [0.25, 0.3) is 0 Å². The van der Waals surface area contributed by atoms with E-state index >= 15 is 0 Å². The van der Waals surface area contributed by atoms with Crippen molar-refractivity contribution in [2.75, 3.05) is 0 Å². The molecule has 36 heavy (non-hydrogen) atoms. The maximum Gasteiger partial charge on any atom is 0.330 e. The minimum atomic E-state index is -1.39. The number of hydrogen-bond acceptors (Lipinski definition) is 5. The third kappa shape index (κ3) is 9.75. The molecule has 0 aliphatic carbocycles. The molecule has 3 rings (SSSR count). The van der Waals surface area contributed by atoms with Gasteiger partial charge in [0, 0.05) is 25.3 Å². The zero-order chi connectivity index (χ0) is 26.0. The van der Waals surface area contributed by atoms with E-state index in [9.17, 15) is 19.8 Å². The molecule has 2 aliphatic rings. The number of fused-ring (bicyclic) bond motifs is 2. The van der Waals surface area contributed by atoms with Crippen molar-refractivity contribution in [2.24, 2.45) is 0 Å². The number of carbonyl (C=O) groups excluding carboxylic acids is 1. The van der Waals surface area contributed by atoms with Gasteiger partial charge in [-0.15, -0.1) is 0 Å². The van der Waals surface area contributed by atoms with Crippen LogP contribution in [0.1, 0.15) is 83.6 Å². The van der Waals surface area contributed by atoms with Crippen molar-refractivity contribution in [3.8, 4) is 0 Å². The number of carboxylic acids is 1. The number of aliphatic hydroxyl groups is 1. The van der Waals surface area contributed by atoms with Crippen LogP contribution in [0.25, 0.3) is 0 Å². The Morgan fingerprint density at radius 1 is 1.19 bits per heavy atom. The number of carboxylic acid groups (broad SMARTS) is 1. The number of hydrogen-bond donors (Lipinski definition) is 2. The highest BCUT2D eigenvalue weighted by atomic mass is 16.6. The summed E-state index contributed by atoms with van der Waals surface area (Å²) in [6, 6.07) is 10.2. The summed E-state index contributed by atoms with van der Waals surface area (Å²) in [5.41, 5.74) is 4.17. The summed E-state index contributed by atoms with van der Waals surface area (Å²) >= 11 is 0. The molecule has 2 aliphatic heterocycles. The molecule has 6 nitrogen and oxygen atoms in total. The number of benzene rings is 1. The van der Waals surface area contributed by atoms with Gasteiger partial charge in [0.15, 0.2) is 5.79 Å². The van der Waals surface area contributed by atoms with Crippen LogP contribution in [0.15, 0.2) is 65.3 Å². The normalized spacial score (nSPS) is 29.2. The summed E-state index contributed by atoms with van der Waals surface area (Å²) in [6.45, 7) is 4.13. The monoisotopic (exact) mass is 496 g/mol. The van der Waals surface area contributed by atoms with Crippen molar-refractivity contribution in [1.29, 1.82) is 0 Å². The van der Waals surface area contributed by atoms with Crippen LogP contribution >= 0.6 is 0 Å². The van der Waals surface area contributed by atoms with Crippen molar-refractivity contribution in [2.45, 2.75) is 102 Å². The summed E-state index contributed by atoms with van der Waals surface area (Å²) in [4.78, 5) is 23.9. The van der Waals surface area contributed by atoms with E-state index in [0.717, 1.165) is 25.7 Å². The highest BCUT2D eigenvalue weighted by Crippen LogP contribution is 2.36. The Kier molecular flexibility index (Phi) is 10.5. The van der Waals surface area contributed by atoms with Crippen molar-refractivity contribution >= 4 is 11.9 Å². The van der Waals surface area contributed by atoms with Gasteiger partial charge in [0.1, 0.15) is 6.10 Å². The summed E-state index contributed by atoms with van der Waals surface area (Å²) in [5.74, 6) is -2.88. The van der Waals surface area contributed by atoms with E-state index in [-0.39, 0.29) is 18.9 Å². The fourth-order valence-electron chi connectivity index (χ4n) is 4.97. The van der Waals surface area contributed by atoms with Crippen LogP contribution in [0.5, 0.6) is 0 Å². The molecule has 196 valence electrons. The zero-order valence-electron chi connectivity index (χ0n) is 21.6. The van der Waals surface area contributed by atoms with Crippen LogP contribution in [0.2, 0.25) is 0 Å². The molecule has 0 radical (unpaired) electrons. The first-order valence-electron chi connectivity index (χ1n) is 13.1. The van der Waals surface area contributed by atoms with Gasteiger partial charge in [-0.25, -0.2) is 4.79 Å². The molecule has 0 saturated carbocycles. The predicted molar refractivity (Wildman–Crippen MR) is 139 cm³/mol. The summed E-state index contributed by atoms with van der Waals surface area (Å²) in [7, 11) is 0. The van der Waals surface area contributed by atoms with Crippen molar-refractivity contribution in [1.82, 2.24) is 0 Å². The molecule has 2 bridgehead atoms. The standard InChI is InChI=1S/C30H40O6/c1-22(13-14-24-10-6-4-7-11-24)15-16-30(34)21-27-20-26(36-30)17-23(2)9-5-3-8-12-25(18-28(31)32)19-29(33)35-27/h4,6-7,9-11,13,19,26-27,34H,3,5,8,12,14-18,20-21H2,1-2H3,(H,31,32)/b22-13+,23-9+,25-19+/t26-,27-,30+/m1/s1. The maximum absolute atomic E-state index is 12.7. The molecule has 1 saturated heterocycles. The predicted octanol–water partition coefficient (Wildman–Crippen LogP) is 6.05. The lowest BCUT2D eigenvalue weighted by Gasteiger charge is -2.41. The van der Waals surface area contributed by atoms with E-state index in [4.69, 9.17) is 9.47 Å². The van der Waals surface area contributed by atoms with Crippen molar-refractivity contribution < 1.29 is 29.3 Å². The Bertz CT molecular complexity index is 976. The number of carbonyl (C=O) groups is 2. The van der Waals surface area contributed by atoms with E-state index in [1.54, 1.807) is 0 Å². The van der Waals surface area contributed by atoms with Crippen LogP contribution in [-0.2, 0) is 25.5 Å². The van der Waals surface area contributed by atoms with Gasteiger partial charge >= 0.3 is 11.9 Å². The Morgan fingerprint density at radius 3 is 2.72 bits per heavy atom. The van der Waals surface area contributed by atoms with Crippen LogP contribution in [0, 0.1) is 0 Å². The molecule has 1 fully saturated rings. The summed E-state index contributed by atoms with van der Waals surface area (Å²) in [5, 5.41) is 20.6. The van der Waals surface area contributed by atoms with Crippen LogP contribution in [0.3, 0.4) is 0 Å². The molecule has 2 heterocycles. The van der Waals surface area contributed by atoms with E-state index in [2.05, 4.69) is 38.1 Å². The highest BCUT2D eigenvalue weighted by Gasteiger charge is 2.41. The van der Waals surface area contributed by atoms with Gasteiger partial charge in [-0.2, -0.15) is 0 Å². The molecule has 1 aromatic carbocycles. The van der Waals surface area contributed by atoms with Crippen molar-refractivity contribution in [3.05, 3.63) is 70.8 Å². The quantitative estimate of drug-likeness (QED) is 0.353. The smallest absolute Gasteiger partial charge is 0.330 e. The average Bonchev–Trinajstić information content (AvgIpc) is 2.80. The lowest BCUT2D eigenvalue weighted by atomic mass is 9.90. The molecule has 0 aromatic heterocycles. The lowest BCUT2D eigenvalue weighted by Crippen LogP contribution is -2.47. The van der Waals surface area contributed by atoms with Gasteiger partial charge in [-0.1, -0.05) is 59.2 Å². The Hall–Kier alpha value is -2.70. The lowest BCUT2D eigenvalue weighted by molar-refractivity contribution is -0.275. The SMILES string of the molecule is C/C(=C\Cc1ccccc1)CC[C@@]1(O)C[C@H]2C[C@@H](C/C(C)=C/CCCC/C(CC(=O)O)=C\C(=O)O2)O1. The van der Waals surface area contributed by atoms with Gasteiger partial charge < -0.3 is 19.7 Å². The van der Waals surface area contributed by atoms with Crippen LogP contribution in [0.4, 0.5) is 0 Å². The van der Waals surface area contributed by atoms with E-state index < -0.39 is 23.8 Å². The molecular weight excluding hydrogens is 456 g/mol. The fourth-order valence-corrected chi connectivity index (χ4v) is 4.97. The second-order valence-electron chi connectivity index (χ2n) is 10.3. The second kappa shape index (κ2) is 13.6. The van der Waals surface area contributed by atoms with Gasteiger partial charge in [0.2, 0.25) is 0 Å². The molecule has 3 atom stereocenters. The molecule has 0 amide bonds. The van der Waals surface area contributed by atoms with Gasteiger partial charge in [-0.3, -0.25) is 4.79 Å². The summed E-state index contributed by atoms with van der Waals surface area (Å²) in [6.07, 6.45) is 11.3. The molecule has 0 spiro atoms. The summed E-state index contributed by atoms with van der Waals surface area (Å²) < 4.78 is 11.9. The Labute approximate surface area is 214 Å². The van der Waals surface area contributed by atoms with E-state index in [1.165, 1.54) is 22.8 Å². The molecule has 0 unspecified atom stereocenters. The molecule has 1 aromatic rings. The molecule has 6 heteroatoms. The largest absolute Gasteiger partial charge is 0.481 e. The fraction of sp³-hybridized carbons (Fsp3) is 0.533. The third-order valence-electron chi connectivity index (χ3n) is 6.88. The van der Waals surface area contributed by atoms with Gasteiger partial charge in [-0.05, 0) is 64.4 Å². The Morgan fingerprint density at radius 2 is 1.97 bits per heavy atom. The van der Waals surface area contributed by atoms with Crippen LogP contribution in [-0.4, -0.2) is 40.1 Å². The van der Waals surface area contributed by atoms with E-state index in [0.29, 0.717) is 37.7 Å². The van der Waals surface area contributed by atoms with E-state index in [1.807, 2.05) is 18.2 Å². The molecule has 2 N–H and O–H groups in total. The second-order valence-corrected chi connectivity index (χ2v) is 10.3. The first-order valence-corrected chi connectivity index (χ1v) is 13.1. The third-order valence-corrected chi connectivity index (χ3v) is 6.88. The number of aliphatic carboxylic acids is 1. The molecular formula is C30H40O6. The topological polar surface area (TPSA) is 93.1 Å². The number of rotatable bonds is 7.